The number of carbonyl (C=O) groups is 2. The van der Waals surface area contributed by atoms with Gasteiger partial charge in [0.15, 0.2) is 0 Å². The predicted octanol–water partition coefficient (Wildman–Crippen LogP) is 2.94. The first-order valence-electron chi connectivity index (χ1n) is 10.1. The monoisotopic (exact) mass is 391 g/mol. The second-order valence-corrected chi connectivity index (χ2v) is 7.31. The van der Waals surface area contributed by atoms with E-state index < -0.39 is 0 Å². The third kappa shape index (κ3) is 3.99. The molecule has 3 aromatic rings. The number of nitrogens with one attached hydrogen (secondary N) is 1. The SMILES string of the molecule is CCNC(=O)CC1CCCCN1C(=O)c1ccc(-n2cnc3ccccc32)nc1. The topological polar surface area (TPSA) is 80.1 Å². The lowest BCUT2D eigenvalue weighted by atomic mass is 9.98. The predicted molar refractivity (Wildman–Crippen MR) is 111 cm³/mol. The molecule has 29 heavy (non-hydrogen) atoms. The van der Waals surface area contributed by atoms with Crippen molar-refractivity contribution in [3.05, 3.63) is 54.5 Å². The van der Waals surface area contributed by atoms with Gasteiger partial charge in [-0.05, 0) is 50.5 Å². The highest BCUT2D eigenvalue weighted by Gasteiger charge is 2.29. The number of piperidine rings is 1. The molecule has 3 heterocycles. The summed E-state index contributed by atoms with van der Waals surface area (Å²) in [7, 11) is 0. The number of benzene rings is 1. The fourth-order valence-corrected chi connectivity index (χ4v) is 3.93. The van der Waals surface area contributed by atoms with Crippen molar-refractivity contribution < 1.29 is 9.59 Å². The Bertz CT molecular complexity index is 1010. The van der Waals surface area contributed by atoms with Crippen LogP contribution in [-0.4, -0.2) is 50.4 Å². The second-order valence-electron chi connectivity index (χ2n) is 7.31. The van der Waals surface area contributed by atoms with Crippen LogP contribution in [-0.2, 0) is 4.79 Å². The number of hydrogen-bond acceptors (Lipinski definition) is 4. The Morgan fingerprint density at radius 2 is 2.00 bits per heavy atom. The molecule has 7 heteroatoms. The standard InChI is InChI=1S/C22H25N5O2/c1-2-23-21(28)13-17-7-5-6-12-26(17)22(29)16-10-11-20(24-14-16)27-15-25-18-8-3-4-9-19(18)27/h3-4,8-11,14-15,17H,2,5-7,12-13H2,1H3,(H,23,28). The smallest absolute Gasteiger partial charge is 0.255 e. The Hall–Kier alpha value is -3.22. The molecule has 1 aromatic carbocycles. The maximum Gasteiger partial charge on any atom is 0.255 e. The Balaban J connectivity index is 1.53. The molecule has 1 aliphatic rings. The number of fused-ring (bicyclic) bond motifs is 1. The van der Waals surface area contributed by atoms with Gasteiger partial charge >= 0.3 is 0 Å². The Morgan fingerprint density at radius 3 is 2.79 bits per heavy atom. The first-order chi connectivity index (χ1) is 14.2. The van der Waals surface area contributed by atoms with Gasteiger partial charge in [0, 0.05) is 31.7 Å². The van der Waals surface area contributed by atoms with E-state index in [0.29, 0.717) is 30.9 Å². The third-order valence-corrected chi connectivity index (χ3v) is 5.38. The fourth-order valence-electron chi connectivity index (χ4n) is 3.93. The molecule has 1 fully saturated rings. The van der Waals surface area contributed by atoms with Crippen LogP contribution in [0.2, 0.25) is 0 Å². The van der Waals surface area contributed by atoms with Crippen LogP contribution in [0.4, 0.5) is 0 Å². The van der Waals surface area contributed by atoms with Gasteiger partial charge in [-0.2, -0.15) is 0 Å². The summed E-state index contributed by atoms with van der Waals surface area (Å²) in [6, 6.07) is 11.4. The number of para-hydroxylation sites is 2. The molecule has 0 radical (unpaired) electrons. The number of likely N-dealkylation sites (tertiary alicyclic amines) is 1. The molecule has 1 aliphatic heterocycles. The summed E-state index contributed by atoms with van der Waals surface area (Å²) in [4.78, 5) is 35.8. The number of imidazole rings is 1. The van der Waals surface area contributed by atoms with Crippen LogP contribution in [0.5, 0.6) is 0 Å². The summed E-state index contributed by atoms with van der Waals surface area (Å²) in [5.41, 5.74) is 2.41. The number of rotatable bonds is 5. The van der Waals surface area contributed by atoms with E-state index in [2.05, 4.69) is 15.3 Å². The van der Waals surface area contributed by atoms with Crippen molar-refractivity contribution >= 4 is 22.8 Å². The van der Waals surface area contributed by atoms with E-state index in [4.69, 9.17) is 0 Å². The van der Waals surface area contributed by atoms with E-state index in [9.17, 15) is 9.59 Å². The second kappa shape index (κ2) is 8.43. The molecule has 2 aromatic heterocycles. The van der Waals surface area contributed by atoms with E-state index in [0.717, 1.165) is 30.3 Å². The van der Waals surface area contributed by atoms with Gasteiger partial charge in [-0.3, -0.25) is 14.2 Å². The summed E-state index contributed by atoms with van der Waals surface area (Å²) in [6.07, 6.45) is 6.57. The maximum absolute atomic E-state index is 13.1. The highest BCUT2D eigenvalue weighted by molar-refractivity contribution is 5.94. The normalized spacial score (nSPS) is 16.7. The summed E-state index contributed by atoms with van der Waals surface area (Å²) in [5, 5.41) is 2.83. The van der Waals surface area contributed by atoms with Gasteiger partial charge in [-0.15, -0.1) is 0 Å². The number of amides is 2. The lowest BCUT2D eigenvalue weighted by molar-refractivity contribution is -0.122. The van der Waals surface area contributed by atoms with Gasteiger partial charge in [-0.1, -0.05) is 12.1 Å². The highest BCUT2D eigenvalue weighted by Crippen LogP contribution is 2.23. The summed E-state index contributed by atoms with van der Waals surface area (Å²) >= 11 is 0. The third-order valence-electron chi connectivity index (χ3n) is 5.38. The Labute approximate surface area is 169 Å². The van der Waals surface area contributed by atoms with Gasteiger partial charge in [0.1, 0.15) is 12.1 Å². The van der Waals surface area contributed by atoms with Gasteiger partial charge < -0.3 is 10.2 Å². The zero-order chi connectivity index (χ0) is 20.2. The largest absolute Gasteiger partial charge is 0.356 e. The van der Waals surface area contributed by atoms with Crippen LogP contribution >= 0.6 is 0 Å². The van der Waals surface area contributed by atoms with Crippen LogP contribution in [0.25, 0.3) is 16.9 Å². The molecule has 0 aliphatic carbocycles. The van der Waals surface area contributed by atoms with Crippen molar-refractivity contribution in [2.24, 2.45) is 0 Å². The summed E-state index contributed by atoms with van der Waals surface area (Å²) < 4.78 is 1.91. The van der Waals surface area contributed by atoms with Gasteiger partial charge in [0.05, 0.1) is 16.6 Å². The van der Waals surface area contributed by atoms with E-state index in [1.165, 1.54) is 0 Å². The number of pyridine rings is 1. The van der Waals surface area contributed by atoms with Crippen LogP contribution in [0, 0.1) is 0 Å². The molecular formula is C22H25N5O2. The minimum absolute atomic E-state index is 0.00217. The highest BCUT2D eigenvalue weighted by atomic mass is 16.2. The van der Waals surface area contributed by atoms with Crippen LogP contribution in [0.1, 0.15) is 43.0 Å². The average molecular weight is 391 g/mol. The Kier molecular flexibility index (Phi) is 5.55. The van der Waals surface area contributed by atoms with E-state index >= 15 is 0 Å². The molecule has 7 nitrogen and oxygen atoms in total. The number of hydrogen-bond donors (Lipinski definition) is 1. The lowest BCUT2D eigenvalue weighted by Crippen LogP contribution is -2.46. The van der Waals surface area contributed by atoms with Gasteiger partial charge in [-0.25, -0.2) is 9.97 Å². The number of carbonyl (C=O) groups excluding carboxylic acids is 2. The molecule has 1 saturated heterocycles. The van der Waals surface area contributed by atoms with Gasteiger partial charge in [0.25, 0.3) is 5.91 Å². The molecule has 0 bridgehead atoms. The first kappa shape index (κ1) is 19.1. The minimum Gasteiger partial charge on any atom is -0.356 e. The van der Waals surface area contributed by atoms with Crippen molar-refractivity contribution in [2.45, 2.75) is 38.6 Å². The molecule has 1 N–H and O–H groups in total. The summed E-state index contributed by atoms with van der Waals surface area (Å²) in [6.45, 7) is 3.18. The molecule has 150 valence electrons. The minimum atomic E-state index is -0.0615. The van der Waals surface area contributed by atoms with E-state index in [1.54, 1.807) is 18.6 Å². The van der Waals surface area contributed by atoms with Crippen LogP contribution < -0.4 is 5.32 Å². The van der Waals surface area contributed by atoms with E-state index in [-0.39, 0.29) is 17.9 Å². The maximum atomic E-state index is 13.1. The molecule has 1 atom stereocenters. The van der Waals surface area contributed by atoms with Crippen molar-refractivity contribution in [3.8, 4) is 5.82 Å². The molecule has 0 spiro atoms. The van der Waals surface area contributed by atoms with E-state index in [1.807, 2.05) is 46.7 Å². The van der Waals surface area contributed by atoms with Crippen molar-refractivity contribution in [3.63, 3.8) is 0 Å². The molecule has 1 unspecified atom stereocenters. The number of nitrogens with zero attached hydrogens (tertiary/aromatic N) is 4. The molecule has 0 saturated carbocycles. The zero-order valence-electron chi connectivity index (χ0n) is 16.5. The quantitative estimate of drug-likeness (QED) is 0.725. The van der Waals surface area contributed by atoms with Crippen molar-refractivity contribution in [1.82, 2.24) is 24.8 Å². The van der Waals surface area contributed by atoms with Crippen LogP contribution in [0.15, 0.2) is 48.9 Å². The average Bonchev–Trinajstić information content (AvgIpc) is 3.18. The van der Waals surface area contributed by atoms with Crippen molar-refractivity contribution in [2.75, 3.05) is 13.1 Å². The van der Waals surface area contributed by atoms with Crippen LogP contribution in [0.3, 0.4) is 0 Å². The first-order valence-corrected chi connectivity index (χ1v) is 10.1. The fraction of sp³-hybridized carbons (Fsp3) is 0.364. The molecule has 2 amide bonds. The molecular weight excluding hydrogens is 366 g/mol. The Morgan fingerprint density at radius 1 is 1.14 bits per heavy atom. The summed E-state index contributed by atoms with van der Waals surface area (Å²) in [5.74, 6) is 0.652. The zero-order valence-corrected chi connectivity index (χ0v) is 16.5. The number of aromatic nitrogens is 3. The van der Waals surface area contributed by atoms with Gasteiger partial charge in [0.2, 0.25) is 5.91 Å². The molecule has 4 rings (SSSR count). The van der Waals surface area contributed by atoms with Crippen molar-refractivity contribution in [1.29, 1.82) is 0 Å². The lowest BCUT2D eigenvalue weighted by Gasteiger charge is -2.35.